The van der Waals surface area contributed by atoms with Crippen LogP contribution in [0, 0.1) is 6.92 Å². The van der Waals surface area contributed by atoms with E-state index in [1.54, 1.807) is 29.9 Å². The summed E-state index contributed by atoms with van der Waals surface area (Å²) in [7, 11) is 0. The molecule has 1 aliphatic carbocycles. The Hall–Kier alpha value is -2.96. The molecule has 128 valence electrons. The van der Waals surface area contributed by atoms with Gasteiger partial charge in [-0.2, -0.15) is 10.1 Å². The van der Waals surface area contributed by atoms with Crippen LogP contribution in [-0.2, 0) is 5.54 Å². The smallest absolute Gasteiger partial charge is 0.252 e. The average molecular weight is 337 g/mol. The Morgan fingerprint density at radius 3 is 2.60 bits per heavy atom. The molecule has 3 aromatic rings. The fourth-order valence-corrected chi connectivity index (χ4v) is 3.35. The second-order valence-electron chi connectivity index (χ2n) is 6.38. The number of rotatable bonds is 4. The lowest BCUT2D eigenvalue weighted by molar-refractivity contribution is 0.0892. The fourth-order valence-electron chi connectivity index (χ4n) is 3.35. The van der Waals surface area contributed by atoms with E-state index in [4.69, 9.17) is 4.52 Å². The van der Waals surface area contributed by atoms with E-state index in [1.807, 2.05) is 24.4 Å². The van der Waals surface area contributed by atoms with Crippen molar-refractivity contribution >= 4 is 5.91 Å². The van der Waals surface area contributed by atoms with Crippen molar-refractivity contribution in [2.24, 2.45) is 0 Å². The van der Waals surface area contributed by atoms with Gasteiger partial charge in [0.25, 0.3) is 5.91 Å². The lowest BCUT2D eigenvalue weighted by Crippen LogP contribution is -2.44. The number of aryl methyl sites for hydroxylation is 1. The maximum absolute atomic E-state index is 12.8. The predicted molar refractivity (Wildman–Crippen MR) is 90.2 cm³/mol. The topological polar surface area (TPSA) is 85.8 Å². The number of hydrogen-bond acceptors (Lipinski definition) is 5. The molecule has 7 heteroatoms. The summed E-state index contributed by atoms with van der Waals surface area (Å²) in [6, 6.07) is 9.22. The van der Waals surface area contributed by atoms with Gasteiger partial charge in [-0.15, -0.1) is 0 Å². The third kappa shape index (κ3) is 2.93. The molecule has 0 unspecified atom stereocenters. The minimum Gasteiger partial charge on any atom is -0.340 e. The summed E-state index contributed by atoms with van der Waals surface area (Å²) in [4.78, 5) is 17.1. The average Bonchev–Trinajstić information content (AvgIpc) is 3.37. The number of hydrogen-bond donors (Lipinski definition) is 1. The van der Waals surface area contributed by atoms with Gasteiger partial charge in [-0.05, 0) is 43.2 Å². The molecule has 1 saturated carbocycles. The molecule has 0 aliphatic heterocycles. The largest absolute Gasteiger partial charge is 0.340 e. The van der Waals surface area contributed by atoms with Crippen LogP contribution in [0.1, 0.15) is 47.8 Å². The van der Waals surface area contributed by atoms with Crippen LogP contribution >= 0.6 is 0 Å². The van der Waals surface area contributed by atoms with E-state index < -0.39 is 5.54 Å². The molecule has 0 bridgehead atoms. The lowest BCUT2D eigenvalue weighted by atomic mass is 9.96. The number of aromatic nitrogens is 4. The number of carbonyl (C=O) groups is 1. The van der Waals surface area contributed by atoms with E-state index in [1.165, 1.54) is 0 Å². The Bertz CT molecular complexity index is 861. The molecule has 1 N–H and O–H groups in total. The summed E-state index contributed by atoms with van der Waals surface area (Å²) in [5.74, 6) is 0.958. The van der Waals surface area contributed by atoms with Gasteiger partial charge in [-0.1, -0.05) is 18.0 Å². The van der Waals surface area contributed by atoms with Crippen molar-refractivity contribution in [3.05, 3.63) is 60.0 Å². The molecular weight excluding hydrogens is 318 g/mol. The Kier molecular flexibility index (Phi) is 3.83. The SMILES string of the molecule is Cc1nc(C2(NC(=O)c3ccc(-n4cccn4)cc3)CCCC2)no1. The number of benzene rings is 1. The first-order valence-electron chi connectivity index (χ1n) is 8.40. The van der Waals surface area contributed by atoms with Crippen LogP contribution in [0.2, 0.25) is 0 Å². The Labute approximate surface area is 145 Å². The maximum atomic E-state index is 12.8. The van der Waals surface area contributed by atoms with Crippen molar-refractivity contribution < 1.29 is 9.32 Å². The summed E-state index contributed by atoms with van der Waals surface area (Å²) >= 11 is 0. The number of nitrogens with zero attached hydrogens (tertiary/aromatic N) is 4. The van der Waals surface area contributed by atoms with Gasteiger partial charge in [0.15, 0.2) is 5.82 Å². The standard InChI is InChI=1S/C18H19N5O2/c1-13-20-17(22-25-13)18(9-2-3-10-18)21-16(24)14-5-7-15(8-6-14)23-12-4-11-19-23/h4-8,11-12H,2-3,9-10H2,1H3,(H,21,24). The highest BCUT2D eigenvalue weighted by atomic mass is 16.5. The highest BCUT2D eigenvalue weighted by Crippen LogP contribution is 2.37. The number of carbonyl (C=O) groups excluding carboxylic acids is 1. The van der Waals surface area contributed by atoms with Gasteiger partial charge < -0.3 is 9.84 Å². The van der Waals surface area contributed by atoms with E-state index in [0.717, 1.165) is 31.4 Å². The van der Waals surface area contributed by atoms with Gasteiger partial charge in [0.1, 0.15) is 5.54 Å². The molecule has 1 fully saturated rings. The summed E-state index contributed by atoms with van der Waals surface area (Å²) in [6.07, 6.45) is 7.29. The van der Waals surface area contributed by atoms with E-state index in [-0.39, 0.29) is 5.91 Å². The highest BCUT2D eigenvalue weighted by Gasteiger charge is 2.41. The van der Waals surface area contributed by atoms with E-state index in [9.17, 15) is 4.79 Å². The van der Waals surface area contributed by atoms with E-state index in [2.05, 4.69) is 20.6 Å². The van der Waals surface area contributed by atoms with E-state index in [0.29, 0.717) is 17.3 Å². The lowest BCUT2D eigenvalue weighted by Gasteiger charge is -2.26. The third-order valence-corrected chi connectivity index (χ3v) is 4.66. The quantitative estimate of drug-likeness (QED) is 0.791. The Morgan fingerprint density at radius 1 is 1.24 bits per heavy atom. The first-order valence-corrected chi connectivity index (χ1v) is 8.40. The summed E-state index contributed by atoms with van der Waals surface area (Å²) in [6.45, 7) is 1.76. The molecule has 25 heavy (non-hydrogen) atoms. The monoisotopic (exact) mass is 337 g/mol. The van der Waals surface area contributed by atoms with Crippen LogP contribution in [-0.4, -0.2) is 25.8 Å². The fraction of sp³-hybridized carbons (Fsp3) is 0.333. The number of nitrogens with one attached hydrogen (secondary N) is 1. The van der Waals surface area contributed by atoms with Crippen LogP contribution in [0.25, 0.3) is 5.69 Å². The molecule has 1 aromatic carbocycles. The maximum Gasteiger partial charge on any atom is 0.252 e. The Balaban J connectivity index is 1.56. The molecule has 1 amide bonds. The van der Waals surface area contributed by atoms with Gasteiger partial charge >= 0.3 is 0 Å². The van der Waals surface area contributed by atoms with E-state index >= 15 is 0 Å². The molecule has 7 nitrogen and oxygen atoms in total. The minimum absolute atomic E-state index is 0.128. The van der Waals surface area contributed by atoms with Crippen molar-refractivity contribution in [3.63, 3.8) is 0 Å². The van der Waals surface area contributed by atoms with Crippen LogP contribution < -0.4 is 5.32 Å². The molecule has 2 aromatic heterocycles. The molecule has 4 rings (SSSR count). The van der Waals surface area contributed by atoms with Gasteiger partial charge in [0.05, 0.1) is 5.69 Å². The van der Waals surface area contributed by atoms with Crippen molar-refractivity contribution in [2.75, 3.05) is 0 Å². The molecule has 1 aliphatic rings. The number of amides is 1. The summed E-state index contributed by atoms with van der Waals surface area (Å²) in [5, 5.41) is 11.4. The highest BCUT2D eigenvalue weighted by molar-refractivity contribution is 5.94. The van der Waals surface area contributed by atoms with Crippen LogP contribution in [0.15, 0.2) is 47.2 Å². The molecule has 0 saturated heterocycles. The van der Waals surface area contributed by atoms with Crippen LogP contribution in [0.4, 0.5) is 0 Å². The van der Waals surface area contributed by atoms with Crippen LogP contribution in [0.5, 0.6) is 0 Å². The third-order valence-electron chi connectivity index (χ3n) is 4.66. The second kappa shape index (κ2) is 6.16. The summed E-state index contributed by atoms with van der Waals surface area (Å²) in [5.41, 5.74) is 0.975. The van der Waals surface area contributed by atoms with Crippen molar-refractivity contribution in [3.8, 4) is 5.69 Å². The summed E-state index contributed by atoms with van der Waals surface area (Å²) < 4.78 is 6.88. The molecule has 0 atom stereocenters. The van der Waals surface area contributed by atoms with Crippen LogP contribution in [0.3, 0.4) is 0 Å². The van der Waals surface area contributed by atoms with Crippen molar-refractivity contribution in [1.82, 2.24) is 25.2 Å². The minimum atomic E-state index is -0.532. The zero-order chi connectivity index (χ0) is 17.3. The zero-order valence-corrected chi connectivity index (χ0v) is 14.0. The predicted octanol–water partition coefficient (Wildman–Crippen LogP) is 2.76. The van der Waals surface area contributed by atoms with Crippen molar-refractivity contribution in [2.45, 2.75) is 38.1 Å². The zero-order valence-electron chi connectivity index (χ0n) is 14.0. The molecule has 0 radical (unpaired) electrons. The first kappa shape index (κ1) is 15.6. The molecule has 2 heterocycles. The first-order chi connectivity index (χ1) is 12.2. The normalized spacial score (nSPS) is 16.0. The van der Waals surface area contributed by atoms with Crippen molar-refractivity contribution in [1.29, 1.82) is 0 Å². The van der Waals surface area contributed by atoms with Gasteiger partial charge in [0, 0.05) is 24.9 Å². The second-order valence-corrected chi connectivity index (χ2v) is 6.38. The Morgan fingerprint density at radius 2 is 2.00 bits per heavy atom. The van der Waals surface area contributed by atoms with Gasteiger partial charge in [-0.25, -0.2) is 4.68 Å². The molecule has 0 spiro atoms. The van der Waals surface area contributed by atoms with Gasteiger partial charge in [-0.3, -0.25) is 4.79 Å². The van der Waals surface area contributed by atoms with Gasteiger partial charge in [0.2, 0.25) is 5.89 Å². The molecular formula is C18H19N5O2.